The number of carbonyl (C=O) groups excluding carboxylic acids is 1. The maximum atomic E-state index is 11.9. The molecule has 0 bridgehead atoms. The third kappa shape index (κ3) is 3.09. The van der Waals surface area contributed by atoms with E-state index in [4.69, 9.17) is 4.74 Å². The number of anilines is 1. The van der Waals surface area contributed by atoms with E-state index in [0.29, 0.717) is 5.75 Å². The number of methoxy groups -OCH3 is 1. The van der Waals surface area contributed by atoms with E-state index in [1.165, 1.54) is 19.2 Å². The Balaban J connectivity index is 2.84. The zero-order valence-corrected chi connectivity index (χ0v) is 9.52. The van der Waals surface area contributed by atoms with Crippen molar-refractivity contribution < 1.29 is 22.7 Å². The van der Waals surface area contributed by atoms with Crippen molar-refractivity contribution in [2.45, 2.75) is 6.18 Å². The third-order valence-corrected chi connectivity index (χ3v) is 2.10. The number of aromatic nitrogens is 1. The minimum absolute atomic E-state index is 0.204. The summed E-state index contributed by atoms with van der Waals surface area (Å²) in [4.78, 5) is 14.2. The molecule has 1 rings (SSSR count). The number of nitrogens with zero attached hydrogens (tertiary/aromatic N) is 1. The van der Waals surface area contributed by atoms with Gasteiger partial charge in [0.15, 0.2) is 5.75 Å². The Hall–Kier alpha value is -1.31. The summed E-state index contributed by atoms with van der Waals surface area (Å²) in [6.07, 6.45) is -4.94. The highest BCUT2D eigenvalue weighted by molar-refractivity contribution is 9.10. The molecule has 0 saturated heterocycles. The van der Waals surface area contributed by atoms with Gasteiger partial charge in [-0.1, -0.05) is 0 Å². The molecule has 1 N–H and O–H groups in total. The molecule has 4 nitrogen and oxygen atoms in total. The number of ether oxygens (including phenoxy) is 1. The molecule has 0 aromatic carbocycles. The molecule has 0 unspecified atom stereocenters. The molecule has 0 saturated carbocycles. The molecule has 0 aliphatic heterocycles. The fourth-order valence-corrected chi connectivity index (χ4v) is 1.32. The number of rotatable bonds is 2. The van der Waals surface area contributed by atoms with Crippen LogP contribution in [0, 0.1) is 0 Å². The van der Waals surface area contributed by atoms with Crippen LogP contribution in [0.5, 0.6) is 5.75 Å². The second-order valence-corrected chi connectivity index (χ2v) is 3.39. The highest BCUT2D eigenvalue weighted by Gasteiger charge is 2.38. The second kappa shape index (κ2) is 4.69. The SMILES string of the molecule is COc1ccc(NC(=O)C(F)(F)F)nc1Br. The Labute approximate surface area is 96.9 Å². The first kappa shape index (κ1) is 12.8. The fraction of sp³-hybridized carbons (Fsp3) is 0.250. The van der Waals surface area contributed by atoms with Crippen LogP contribution < -0.4 is 10.1 Å². The molecule has 1 heterocycles. The number of amides is 1. The van der Waals surface area contributed by atoms with Crippen LogP contribution in [0.4, 0.5) is 19.0 Å². The van der Waals surface area contributed by atoms with Crippen LogP contribution in [0.15, 0.2) is 16.7 Å². The zero-order valence-electron chi connectivity index (χ0n) is 7.93. The average Bonchev–Trinajstić information content (AvgIpc) is 2.16. The molecule has 16 heavy (non-hydrogen) atoms. The van der Waals surface area contributed by atoms with Crippen molar-refractivity contribution in [1.82, 2.24) is 4.98 Å². The molecule has 0 aliphatic carbocycles. The summed E-state index contributed by atoms with van der Waals surface area (Å²) in [6, 6.07) is 2.58. The highest BCUT2D eigenvalue weighted by Crippen LogP contribution is 2.25. The Bertz CT molecular complexity index is 409. The molecule has 1 amide bonds. The quantitative estimate of drug-likeness (QED) is 0.853. The zero-order chi connectivity index (χ0) is 12.3. The van der Waals surface area contributed by atoms with Gasteiger partial charge in [-0.2, -0.15) is 13.2 Å². The molecule has 8 heteroatoms. The first-order chi connectivity index (χ1) is 7.34. The van der Waals surface area contributed by atoms with Crippen LogP contribution in [-0.2, 0) is 4.79 Å². The number of pyridine rings is 1. The van der Waals surface area contributed by atoms with E-state index in [-0.39, 0.29) is 10.4 Å². The molecular weight excluding hydrogens is 293 g/mol. The van der Waals surface area contributed by atoms with E-state index in [2.05, 4.69) is 20.9 Å². The van der Waals surface area contributed by atoms with Crippen LogP contribution in [0.3, 0.4) is 0 Å². The van der Waals surface area contributed by atoms with Gasteiger partial charge in [0.25, 0.3) is 0 Å². The summed E-state index contributed by atoms with van der Waals surface area (Å²) in [5.74, 6) is -1.93. The van der Waals surface area contributed by atoms with Gasteiger partial charge in [-0.25, -0.2) is 4.98 Å². The Kier molecular flexibility index (Phi) is 3.74. The molecule has 0 atom stereocenters. The van der Waals surface area contributed by atoms with Gasteiger partial charge >= 0.3 is 12.1 Å². The number of carbonyl (C=O) groups is 1. The Morgan fingerprint density at radius 2 is 2.12 bits per heavy atom. The van der Waals surface area contributed by atoms with Crippen molar-refractivity contribution in [2.24, 2.45) is 0 Å². The predicted octanol–water partition coefficient (Wildman–Crippen LogP) is 2.35. The monoisotopic (exact) mass is 298 g/mol. The summed E-state index contributed by atoms with van der Waals surface area (Å²) in [5, 5.41) is 1.61. The summed E-state index contributed by atoms with van der Waals surface area (Å²) in [5.41, 5.74) is 0. The summed E-state index contributed by atoms with van der Waals surface area (Å²) < 4.78 is 40.7. The molecule has 1 aromatic heterocycles. The molecule has 0 spiro atoms. The minimum atomic E-state index is -4.94. The van der Waals surface area contributed by atoms with Crippen molar-refractivity contribution in [1.29, 1.82) is 0 Å². The lowest BCUT2D eigenvalue weighted by atomic mass is 10.4. The van der Waals surface area contributed by atoms with E-state index in [9.17, 15) is 18.0 Å². The van der Waals surface area contributed by atoms with Crippen molar-refractivity contribution >= 4 is 27.7 Å². The van der Waals surface area contributed by atoms with Crippen molar-refractivity contribution in [3.05, 3.63) is 16.7 Å². The van der Waals surface area contributed by atoms with Gasteiger partial charge in [-0.3, -0.25) is 4.79 Å². The Morgan fingerprint density at radius 3 is 2.56 bits per heavy atom. The maximum Gasteiger partial charge on any atom is 0.471 e. The lowest BCUT2D eigenvalue weighted by Gasteiger charge is -2.08. The smallest absolute Gasteiger partial charge is 0.471 e. The number of alkyl halides is 3. The van der Waals surface area contributed by atoms with Crippen LogP contribution in [-0.4, -0.2) is 24.2 Å². The van der Waals surface area contributed by atoms with Gasteiger partial charge in [-0.05, 0) is 28.1 Å². The summed E-state index contributed by atoms with van der Waals surface area (Å²) in [7, 11) is 1.38. The molecule has 0 radical (unpaired) electrons. The van der Waals surface area contributed by atoms with Crippen LogP contribution >= 0.6 is 15.9 Å². The van der Waals surface area contributed by atoms with Crippen LogP contribution in [0.2, 0.25) is 0 Å². The number of halogens is 4. The van der Waals surface area contributed by atoms with Gasteiger partial charge in [0.05, 0.1) is 7.11 Å². The first-order valence-electron chi connectivity index (χ1n) is 3.93. The van der Waals surface area contributed by atoms with Gasteiger partial charge < -0.3 is 10.1 Å². The van der Waals surface area contributed by atoms with Gasteiger partial charge in [0, 0.05) is 0 Å². The predicted molar refractivity (Wildman–Crippen MR) is 53.2 cm³/mol. The van der Waals surface area contributed by atoms with E-state index >= 15 is 0 Å². The lowest BCUT2D eigenvalue weighted by molar-refractivity contribution is -0.167. The normalized spacial score (nSPS) is 11.1. The maximum absolute atomic E-state index is 11.9. The summed E-state index contributed by atoms with van der Waals surface area (Å²) in [6.45, 7) is 0. The number of hydrogen-bond donors (Lipinski definition) is 1. The molecule has 88 valence electrons. The number of nitrogens with one attached hydrogen (secondary N) is 1. The van der Waals surface area contributed by atoms with Crippen molar-refractivity contribution in [3.63, 3.8) is 0 Å². The molecular formula is C8H6BrF3N2O2. The first-order valence-corrected chi connectivity index (χ1v) is 4.72. The van der Waals surface area contributed by atoms with Gasteiger partial charge in [0.2, 0.25) is 0 Å². The van der Waals surface area contributed by atoms with Crippen LogP contribution in [0.1, 0.15) is 0 Å². The molecule has 0 aliphatic rings. The lowest BCUT2D eigenvalue weighted by Crippen LogP contribution is -2.30. The second-order valence-electron chi connectivity index (χ2n) is 2.64. The van der Waals surface area contributed by atoms with Crippen LogP contribution in [0.25, 0.3) is 0 Å². The van der Waals surface area contributed by atoms with E-state index < -0.39 is 12.1 Å². The van der Waals surface area contributed by atoms with Crippen molar-refractivity contribution in [2.75, 3.05) is 12.4 Å². The fourth-order valence-electron chi connectivity index (χ4n) is 0.831. The highest BCUT2D eigenvalue weighted by atomic mass is 79.9. The van der Waals surface area contributed by atoms with Crippen molar-refractivity contribution in [3.8, 4) is 5.75 Å². The third-order valence-electron chi connectivity index (χ3n) is 1.53. The van der Waals surface area contributed by atoms with Gasteiger partial charge in [0.1, 0.15) is 10.4 Å². The minimum Gasteiger partial charge on any atom is -0.494 e. The summed E-state index contributed by atoms with van der Waals surface area (Å²) >= 11 is 2.98. The van der Waals surface area contributed by atoms with Gasteiger partial charge in [-0.15, -0.1) is 0 Å². The molecule has 1 aromatic rings. The Morgan fingerprint density at radius 1 is 1.50 bits per heavy atom. The average molecular weight is 299 g/mol. The molecule has 0 fully saturated rings. The van der Waals surface area contributed by atoms with E-state index in [1.807, 2.05) is 0 Å². The van der Waals surface area contributed by atoms with E-state index in [0.717, 1.165) is 0 Å². The van der Waals surface area contributed by atoms with E-state index in [1.54, 1.807) is 5.32 Å². The largest absolute Gasteiger partial charge is 0.494 e. The topological polar surface area (TPSA) is 51.2 Å². The standard InChI is InChI=1S/C8H6BrF3N2O2/c1-16-4-2-3-5(13-6(4)9)14-7(15)8(10,11)12/h2-3H,1H3,(H,13,14,15). The number of hydrogen-bond acceptors (Lipinski definition) is 3.